The Morgan fingerprint density at radius 3 is 2.38 bits per heavy atom. The lowest BCUT2D eigenvalue weighted by atomic mass is 9.88. The third kappa shape index (κ3) is 6.66. The lowest BCUT2D eigenvalue weighted by Gasteiger charge is -2.33. The molecule has 0 aromatic heterocycles. The van der Waals surface area contributed by atoms with Crippen molar-refractivity contribution in [2.75, 3.05) is 57.8 Å². The van der Waals surface area contributed by atoms with Crippen LogP contribution in [0.15, 0.2) is 24.3 Å². The van der Waals surface area contributed by atoms with E-state index in [2.05, 4.69) is 15.5 Å². The van der Waals surface area contributed by atoms with Crippen LogP contribution < -0.4 is 15.5 Å². The number of anilines is 1. The van der Waals surface area contributed by atoms with Gasteiger partial charge in [0, 0.05) is 64.0 Å². The molecule has 0 radical (unpaired) electrons. The van der Waals surface area contributed by atoms with Crippen LogP contribution in [-0.4, -0.2) is 104 Å². The Hall–Kier alpha value is -2.98. The molecule has 1 aromatic rings. The summed E-state index contributed by atoms with van der Waals surface area (Å²) in [6.45, 7) is 12.6. The maximum absolute atomic E-state index is 13.2. The molecule has 4 atom stereocenters. The zero-order valence-corrected chi connectivity index (χ0v) is 24.6. The second-order valence-electron chi connectivity index (χ2n) is 12.4. The highest BCUT2D eigenvalue weighted by molar-refractivity contribution is 5.98. The molecule has 3 fully saturated rings. The van der Waals surface area contributed by atoms with Gasteiger partial charge in [-0.1, -0.05) is 27.7 Å². The fourth-order valence-corrected chi connectivity index (χ4v) is 6.16. The van der Waals surface area contributed by atoms with E-state index in [9.17, 15) is 19.2 Å². The van der Waals surface area contributed by atoms with Crippen molar-refractivity contribution in [1.82, 2.24) is 20.4 Å². The number of nitrogens with zero attached hydrogens (tertiary/aromatic N) is 3. The average molecular weight is 556 g/mol. The number of amides is 3. The number of hydrogen-bond donors (Lipinski definition) is 2. The number of carbonyl (C=O) groups excluding carboxylic acids is 4. The van der Waals surface area contributed by atoms with Gasteiger partial charge >= 0.3 is 0 Å². The Balaban J connectivity index is 1.24. The largest absolute Gasteiger partial charge is 0.371 e. The number of ketones is 1. The summed E-state index contributed by atoms with van der Waals surface area (Å²) in [6.07, 6.45) is 0.885. The molecular formula is C30H45N5O5. The van der Waals surface area contributed by atoms with Gasteiger partial charge in [-0.3, -0.25) is 19.2 Å². The van der Waals surface area contributed by atoms with Crippen LogP contribution in [0, 0.1) is 11.3 Å². The highest BCUT2D eigenvalue weighted by atomic mass is 16.5. The molecule has 3 aliphatic heterocycles. The predicted molar refractivity (Wildman–Crippen MR) is 153 cm³/mol. The third-order valence-electron chi connectivity index (χ3n) is 8.33. The number of nitrogens with one attached hydrogen (secondary N) is 2. The molecule has 3 amide bonds. The van der Waals surface area contributed by atoms with Gasteiger partial charge in [0.05, 0.1) is 12.6 Å². The van der Waals surface area contributed by atoms with Gasteiger partial charge in [-0.15, -0.1) is 0 Å². The molecule has 0 bridgehead atoms. The minimum absolute atomic E-state index is 0.0195. The molecule has 10 nitrogen and oxygen atoms in total. The number of hydrogen-bond acceptors (Lipinski definition) is 7. The number of fused-ring (bicyclic) bond motifs is 1. The maximum atomic E-state index is 13.2. The molecule has 40 heavy (non-hydrogen) atoms. The molecule has 4 unspecified atom stereocenters. The van der Waals surface area contributed by atoms with Gasteiger partial charge in [0.25, 0.3) is 11.8 Å². The van der Waals surface area contributed by atoms with Gasteiger partial charge < -0.3 is 30.1 Å². The molecule has 3 saturated heterocycles. The van der Waals surface area contributed by atoms with E-state index in [1.54, 1.807) is 9.80 Å². The molecule has 4 rings (SSSR count). The van der Waals surface area contributed by atoms with Crippen molar-refractivity contribution in [3.8, 4) is 0 Å². The van der Waals surface area contributed by atoms with E-state index in [1.165, 1.54) is 7.11 Å². The number of methoxy groups -OCH3 is 1. The highest BCUT2D eigenvalue weighted by Gasteiger charge is 2.53. The monoisotopic (exact) mass is 555 g/mol. The molecule has 0 aliphatic carbocycles. The SMILES string of the molecule is COC(C(=O)N1CC(=O)C2C1CCN2C(=O)CC(C)CCNC(=O)c1ccc(N2CCNCC2)cc1)C(C)(C)C. The first-order chi connectivity index (χ1) is 19.0. The molecule has 0 saturated carbocycles. The van der Waals surface area contributed by atoms with E-state index in [-0.39, 0.29) is 42.0 Å². The molecule has 2 N–H and O–H groups in total. The third-order valence-corrected chi connectivity index (χ3v) is 8.33. The zero-order valence-electron chi connectivity index (χ0n) is 24.6. The van der Waals surface area contributed by atoms with Gasteiger partial charge in [0.1, 0.15) is 12.1 Å². The van der Waals surface area contributed by atoms with Crippen LogP contribution in [0.4, 0.5) is 5.69 Å². The number of rotatable bonds is 9. The summed E-state index contributed by atoms with van der Waals surface area (Å²) in [5, 5.41) is 6.30. The van der Waals surface area contributed by atoms with Crippen molar-refractivity contribution in [1.29, 1.82) is 0 Å². The zero-order chi connectivity index (χ0) is 29.0. The van der Waals surface area contributed by atoms with E-state index in [0.717, 1.165) is 31.9 Å². The minimum Gasteiger partial charge on any atom is -0.371 e. The molecule has 10 heteroatoms. The van der Waals surface area contributed by atoms with E-state index in [4.69, 9.17) is 4.74 Å². The summed E-state index contributed by atoms with van der Waals surface area (Å²) in [5.41, 5.74) is 1.34. The lowest BCUT2D eigenvalue weighted by Crippen LogP contribution is -2.49. The van der Waals surface area contributed by atoms with E-state index in [1.807, 2.05) is 52.0 Å². The summed E-state index contributed by atoms with van der Waals surface area (Å²) in [4.78, 5) is 57.6. The van der Waals surface area contributed by atoms with Crippen molar-refractivity contribution < 1.29 is 23.9 Å². The Morgan fingerprint density at radius 1 is 1.07 bits per heavy atom. The summed E-state index contributed by atoms with van der Waals surface area (Å²) >= 11 is 0. The first-order valence-corrected chi connectivity index (χ1v) is 14.5. The second kappa shape index (κ2) is 12.7. The van der Waals surface area contributed by atoms with E-state index in [0.29, 0.717) is 37.9 Å². The second-order valence-corrected chi connectivity index (χ2v) is 12.4. The fraction of sp³-hybridized carbons (Fsp3) is 0.667. The molecular weight excluding hydrogens is 510 g/mol. The molecule has 1 aromatic carbocycles. The van der Waals surface area contributed by atoms with Gasteiger partial charge in [-0.25, -0.2) is 0 Å². The molecule has 3 aliphatic rings. The van der Waals surface area contributed by atoms with E-state index >= 15 is 0 Å². The van der Waals surface area contributed by atoms with Gasteiger partial charge in [-0.05, 0) is 48.4 Å². The normalized spacial score (nSPS) is 22.7. The van der Waals surface area contributed by atoms with Crippen molar-refractivity contribution >= 4 is 29.2 Å². The quantitative estimate of drug-likeness (QED) is 0.477. The molecule has 220 valence electrons. The van der Waals surface area contributed by atoms with Crippen molar-refractivity contribution in [3.05, 3.63) is 29.8 Å². The first-order valence-electron chi connectivity index (χ1n) is 14.5. The Bertz CT molecular complexity index is 1080. The maximum Gasteiger partial charge on any atom is 0.252 e. The average Bonchev–Trinajstić information content (AvgIpc) is 3.50. The number of carbonyl (C=O) groups is 4. The van der Waals surface area contributed by atoms with Crippen molar-refractivity contribution in [2.45, 2.75) is 65.1 Å². The van der Waals surface area contributed by atoms with Crippen LogP contribution in [0.5, 0.6) is 0 Å². The summed E-state index contributed by atoms with van der Waals surface area (Å²) in [6, 6.07) is 6.81. The lowest BCUT2D eigenvalue weighted by molar-refractivity contribution is -0.150. The predicted octanol–water partition coefficient (Wildman–Crippen LogP) is 1.68. The van der Waals surface area contributed by atoms with Crippen LogP contribution in [-0.2, 0) is 19.1 Å². The van der Waals surface area contributed by atoms with Crippen LogP contribution in [0.25, 0.3) is 0 Å². The standard InChI is InChI=1S/C30H45N5O5/c1-20(10-12-32-28(38)21-6-8-22(9-7-21)33-16-13-31-14-17-33)18-25(37)34-15-11-23-26(34)24(36)19-35(23)29(39)27(40-5)30(2,3)4/h6-9,20,23,26-27,31H,10-19H2,1-5H3,(H,32,38). The molecule has 3 heterocycles. The Morgan fingerprint density at radius 2 is 1.75 bits per heavy atom. The summed E-state index contributed by atoms with van der Waals surface area (Å²) in [5.74, 6) is -0.436. The number of likely N-dealkylation sites (tertiary alicyclic amines) is 2. The number of Topliss-reactive ketones (excluding diaryl/α,β-unsaturated/α-hetero) is 1. The number of benzene rings is 1. The Labute approximate surface area is 237 Å². The first kappa shape index (κ1) is 30.0. The Kier molecular flexibility index (Phi) is 9.51. The fourth-order valence-electron chi connectivity index (χ4n) is 6.16. The van der Waals surface area contributed by atoms with Gasteiger partial charge in [-0.2, -0.15) is 0 Å². The van der Waals surface area contributed by atoms with Crippen molar-refractivity contribution in [2.24, 2.45) is 11.3 Å². The van der Waals surface area contributed by atoms with Crippen molar-refractivity contribution in [3.63, 3.8) is 0 Å². The summed E-state index contributed by atoms with van der Waals surface area (Å²) in [7, 11) is 1.52. The smallest absolute Gasteiger partial charge is 0.252 e. The van der Waals surface area contributed by atoms with Gasteiger partial charge in [0.15, 0.2) is 5.78 Å². The highest BCUT2D eigenvalue weighted by Crippen LogP contribution is 2.33. The van der Waals surface area contributed by atoms with Crippen LogP contribution in [0.3, 0.4) is 0 Å². The van der Waals surface area contributed by atoms with E-state index < -0.39 is 17.6 Å². The van der Waals surface area contributed by atoms with Crippen LogP contribution in [0.1, 0.15) is 57.3 Å². The van der Waals surface area contributed by atoms with Gasteiger partial charge in [0.2, 0.25) is 5.91 Å². The topological polar surface area (TPSA) is 111 Å². The van der Waals surface area contributed by atoms with Crippen LogP contribution in [0.2, 0.25) is 0 Å². The minimum atomic E-state index is -0.649. The summed E-state index contributed by atoms with van der Waals surface area (Å²) < 4.78 is 5.50. The number of piperazine rings is 1. The van der Waals surface area contributed by atoms with Crippen LogP contribution >= 0.6 is 0 Å². The number of ether oxygens (including phenoxy) is 1. The molecule has 0 spiro atoms.